The Morgan fingerprint density at radius 3 is 2.65 bits per heavy atom. The minimum atomic E-state index is -4.50. The van der Waals surface area contributed by atoms with Crippen LogP contribution < -0.4 is 15.4 Å². The van der Waals surface area contributed by atoms with Crippen molar-refractivity contribution in [3.05, 3.63) is 41.2 Å². The van der Waals surface area contributed by atoms with Gasteiger partial charge in [0.25, 0.3) is 5.91 Å². The number of nitrogens with one attached hydrogen (secondary N) is 2. The zero-order valence-electron chi connectivity index (χ0n) is 23.1. The van der Waals surface area contributed by atoms with E-state index in [4.69, 9.17) is 4.74 Å². The van der Waals surface area contributed by atoms with Crippen molar-refractivity contribution < 1.29 is 27.1 Å². The summed E-state index contributed by atoms with van der Waals surface area (Å²) in [5.41, 5.74) is -0.158. The zero-order chi connectivity index (χ0) is 29.2. The molecule has 0 unspecified atom stereocenters. The van der Waals surface area contributed by atoms with E-state index in [1.165, 1.54) is 23.9 Å². The Balaban J connectivity index is 1.57. The quantitative estimate of drug-likeness (QED) is 0.352. The van der Waals surface area contributed by atoms with Gasteiger partial charge in [-0.2, -0.15) is 23.4 Å². The van der Waals surface area contributed by atoms with Crippen LogP contribution in [0.1, 0.15) is 48.8 Å². The molecule has 1 amide bonds. The molecule has 4 rings (SSSR count). The van der Waals surface area contributed by atoms with Crippen LogP contribution in [-0.2, 0) is 12.0 Å². The van der Waals surface area contributed by atoms with Crippen LogP contribution in [0.3, 0.4) is 0 Å². The number of carbonyl (C=O) groups is 1. The van der Waals surface area contributed by atoms with Gasteiger partial charge in [-0.15, -0.1) is 0 Å². The first-order valence-corrected chi connectivity index (χ1v) is 12.8. The van der Waals surface area contributed by atoms with Crippen LogP contribution >= 0.6 is 0 Å². The molecule has 1 fully saturated rings. The number of fused-ring (bicyclic) bond motifs is 1. The molecule has 13 heteroatoms. The highest BCUT2D eigenvalue weighted by Crippen LogP contribution is 2.29. The van der Waals surface area contributed by atoms with Crippen molar-refractivity contribution in [3.8, 4) is 17.7 Å². The third-order valence-electron chi connectivity index (χ3n) is 6.56. The maximum Gasteiger partial charge on any atom is 0.393 e. The standard InChI is InChI=1S/C27H33F4N7O2/c1-26(2,3)38-25(40-5)18(15-33-38)24(39)32-12-7-8-20-17(14-27(29,30)31)22-9-6-10-23(37(22)35-20)34-21-11-13-36(4)16-19(21)28/h6,9-10,15,19,21,34H,11-14,16H2,1-5H3,(H,32,39)/t19-,21+/m0/s1. The Hall–Kier alpha value is -3.79. The summed E-state index contributed by atoms with van der Waals surface area (Å²) in [6.07, 6.45) is -4.96. The molecule has 0 saturated carbocycles. The average molecular weight is 564 g/mol. The summed E-state index contributed by atoms with van der Waals surface area (Å²) in [5, 5.41) is 14.3. The largest absolute Gasteiger partial charge is 0.481 e. The molecule has 0 bridgehead atoms. The Morgan fingerprint density at radius 1 is 1.25 bits per heavy atom. The number of alkyl halides is 4. The Bertz CT molecular complexity index is 1430. The molecule has 0 aliphatic carbocycles. The Morgan fingerprint density at radius 2 is 2.00 bits per heavy atom. The number of hydrogen-bond donors (Lipinski definition) is 2. The second-order valence-corrected chi connectivity index (χ2v) is 10.8. The summed E-state index contributed by atoms with van der Waals surface area (Å²) in [5.74, 6) is 5.55. The maximum absolute atomic E-state index is 14.6. The normalized spacial score (nSPS) is 18.3. The van der Waals surface area contributed by atoms with Gasteiger partial charge >= 0.3 is 6.18 Å². The van der Waals surface area contributed by atoms with E-state index in [-0.39, 0.29) is 41.3 Å². The lowest BCUT2D eigenvalue weighted by Gasteiger charge is -2.33. The molecule has 2 atom stereocenters. The number of nitrogens with zero attached hydrogens (tertiary/aromatic N) is 5. The molecule has 40 heavy (non-hydrogen) atoms. The average Bonchev–Trinajstić information content (AvgIpc) is 3.45. The number of likely N-dealkylation sites (tertiary alicyclic amines) is 1. The second kappa shape index (κ2) is 11.4. The number of aromatic nitrogens is 4. The second-order valence-electron chi connectivity index (χ2n) is 10.8. The van der Waals surface area contributed by atoms with E-state index in [2.05, 4.69) is 32.7 Å². The molecule has 1 aliphatic rings. The summed E-state index contributed by atoms with van der Waals surface area (Å²) in [6, 6.07) is 4.27. The molecule has 9 nitrogen and oxygen atoms in total. The number of rotatable bonds is 6. The molecule has 4 heterocycles. The van der Waals surface area contributed by atoms with Gasteiger partial charge in [0.15, 0.2) is 0 Å². The highest BCUT2D eigenvalue weighted by Gasteiger charge is 2.32. The SMILES string of the molecule is COc1c(C(=O)NCC#Cc2nn3c(N[C@@H]4CCN(C)C[C@@H]4F)cccc3c2CC(F)(F)F)cnn1C(C)(C)C. The van der Waals surface area contributed by atoms with E-state index in [1.807, 2.05) is 32.7 Å². The minimum Gasteiger partial charge on any atom is -0.481 e. The van der Waals surface area contributed by atoms with Crippen molar-refractivity contribution in [2.24, 2.45) is 0 Å². The third kappa shape index (κ3) is 6.50. The first-order chi connectivity index (χ1) is 18.8. The van der Waals surface area contributed by atoms with E-state index in [9.17, 15) is 22.4 Å². The van der Waals surface area contributed by atoms with Crippen molar-refractivity contribution in [1.82, 2.24) is 29.6 Å². The van der Waals surface area contributed by atoms with Crippen molar-refractivity contribution in [3.63, 3.8) is 0 Å². The summed E-state index contributed by atoms with van der Waals surface area (Å²) < 4.78 is 63.4. The van der Waals surface area contributed by atoms with Crippen LogP contribution in [0.2, 0.25) is 0 Å². The van der Waals surface area contributed by atoms with Gasteiger partial charge in [-0.3, -0.25) is 4.79 Å². The van der Waals surface area contributed by atoms with E-state index >= 15 is 0 Å². The van der Waals surface area contributed by atoms with Crippen molar-refractivity contribution in [1.29, 1.82) is 0 Å². The van der Waals surface area contributed by atoms with Crippen LogP contribution in [0.5, 0.6) is 5.88 Å². The number of pyridine rings is 1. The van der Waals surface area contributed by atoms with E-state index < -0.39 is 36.3 Å². The van der Waals surface area contributed by atoms with Gasteiger partial charge < -0.3 is 20.3 Å². The number of carbonyl (C=O) groups excluding carboxylic acids is 1. The van der Waals surface area contributed by atoms with Gasteiger partial charge in [-0.05, 0) is 52.3 Å². The minimum absolute atomic E-state index is 0.0702. The first-order valence-electron chi connectivity index (χ1n) is 12.8. The fourth-order valence-corrected chi connectivity index (χ4v) is 4.63. The van der Waals surface area contributed by atoms with Gasteiger partial charge in [-0.25, -0.2) is 13.6 Å². The van der Waals surface area contributed by atoms with Gasteiger partial charge in [-0.1, -0.05) is 12.0 Å². The lowest BCUT2D eigenvalue weighted by atomic mass is 10.0. The van der Waals surface area contributed by atoms with Crippen LogP contribution in [0.15, 0.2) is 24.4 Å². The topological polar surface area (TPSA) is 88.7 Å². The maximum atomic E-state index is 14.6. The summed E-state index contributed by atoms with van der Waals surface area (Å²) in [7, 11) is 3.27. The van der Waals surface area contributed by atoms with Crippen LogP contribution in [-0.4, -0.2) is 82.4 Å². The van der Waals surface area contributed by atoms with Gasteiger partial charge in [0.1, 0.15) is 23.2 Å². The molecule has 1 aliphatic heterocycles. The molecule has 0 radical (unpaired) electrons. The molecule has 1 saturated heterocycles. The predicted molar refractivity (Wildman–Crippen MR) is 142 cm³/mol. The smallest absolute Gasteiger partial charge is 0.393 e. The lowest BCUT2D eigenvalue weighted by molar-refractivity contribution is -0.127. The number of anilines is 1. The molecule has 3 aromatic heterocycles. The van der Waals surface area contributed by atoms with Crippen LogP contribution in [0, 0.1) is 11.8 Å². The van der Waals surface area contributed by atoms with Crippen molar-refractivity contribution >= 4 is 17.2 Å². The molecule has 3 aromatic rings. The van der Waals surface area contributed by atoms with Crippen molar-refractivity contribution in [2.75, 3.05) is 39.1 Å². The first kappa shape index (κ1) is 29.2. The number of hydrogen-bond acceptors (Lipinski definition) is 6. The predicted octanol–water partition coefficient (Wildman–Crippen LogP) is 3.63. The summed E-state index contributed by atoms with van der Waals surface area (Å²) in [6.45, 7) is 6.54. The highest BCUT2D eigenvalue weighted by atomic mass is 19.4. The van der Waals surface area contributed by atoms with Crippen LogP contribution in [0.25, 0.3) is 5.52 Å². The monoisotopic (exact) mass is 563 g/mol. The van der Waals surface area contributed by atoms with Gasteiger partial charge in [0, 0.05) is 18.7 Å². The third-order valence-corrected chi connectivity index (χ3v) is 6.56. The Kier molecular flexibility index (Phi) is 8.30. The van der Waals surface area contributed by atoms with E-state index in [0.717, 1.165) is 0 Å². The molecule has 0 spiro atoms. The fourth-order valence-electron chi connectivity index (χ4n) is 4.63. The summed E-state index contributed by atoms with van der Waals surface area (Å²) in [4.78, 5) is 14.6. The number of halogens is 4. The Labute approximate surface area is 229 Å². The van der Waals surface area contributed by atoms with Crippen LogP contribution in [0.4, 0.5) is 23.4 Å². The number of methoxy groups -OCH3 is 1. The number of piperidine rings is 1. The fraction of sp³-hybridized carbons (Fsp3) is 0.519. The highest BCUT2D eigenvalue weighted by molar-refractivity contribution is 5.96. The van der Waals surface area contributed by atoms with Crippen molar-refractivity contribution in [2.45, 2.75) is 57.5 Å². The van der Waals surface area contributed by atoms with E-state index in [0.29, 0.717) is 18.8 Å². The lowest BCUT2D eigenvalue weighted by Crippen LogP contribution is -2.46. The zero-order valence-corrected chi connectivity index (χ0v) is 23.1. The molecular formula is C27H33F4N7O2. The van der Waals surface area contributed by atoms with Gasteiger partial charge in [0.2, 0.25) is 5.88 Å². The van der Waals surface area contributed by atoms with Gasteiger partial charge in [0.05, 0.1) is 43.4 Å². The summed E-state index contributed by atoms with van der Waals surface area (Å²) >= 11 is 0. The molecule has 216 valence electrons. The van der Waals surface area contributed by atoms with E-state index in [1.54, 1.807) is 16.8 Å². The molecular weight excluding hydrogens is 530 g/mol. The number of amides is 1. The molecule has 0 aromatic carbocycles. The molecule has 2 N–H and O–H groups in total. The number of ether oxygens (including phenoxy) is 1.